The van der Waals surface area contributed by atoms with Gasteiger partial charge in [0.15, 0.2) is 12.6 Å². The van der Waals surface area contributed by atoms with Crippen LogP contribution in [-0.4, -0.2) is 57.5 Å². The molecule has 4 N–H and O–H groups in total. The highest BCUT2D eigenvalue weighted by molar-refractivity contribution is 4.60. The Morgan fingerprint density at radius 3 is 1.26 bits per heavy atom. The van der Waals surface area contributed by atoms with Gasteiger partial charge in [-0.1, -0.05) is 77.6 Å². The van der Waals surface area contributed by atoms with E-state index in [4.69, 9.17) is 20.4 Å². The van der Waals surface area contributed by atoms with Crippen LogP contribution in [0.3, 0.4) is 0 Å². The van der Waals surface area contributed by atoms with Crippen LogP contribution >= 0.6 is 0 Å². The lowest BCUT2D eigenvalue weighted by Crippen LogP contribution is -2.38. The number of hydrogen-bond donors (Lipinski definition) is 4. The summed E-state index contributed by atoms with van der Waals surface area (Å²) in [6.07, 6.45) is 12.5. The Bertz CT molecular complexity index is 227. The summed E-state index contributed by atoms with van der Waals surface area (Å²) in [6.45, 7) is 3.05. The molecule has 5 nitrogen and oxygen atoms in total. The topological polar surface area (TPSA) is 84.2 Å². The molecule has 0 bridgehead atoms. The van der Waals surface area contributed by atoms with Crippen molar-refractivity contribution in [3.63, 3.8) is 0 Å². The van der Waals surface area contributed by atoms with Crippen molar-refractivity contribution >= 4 is 0 Å². The van der Waals surface area contributed by atoms with E-state index in [1.54, 1.807) is 4.90 Å². The van der Waals surface area contributed by atoms with Gasteiger partial charge in [0.1, 0.15) is 0 Å². The number of rotatable bonds is 17. The van der Waals surface area contributed by atoms with E-state index in [0.717, 1.165) is 12.8 Å². The van der Waals surface area contributed by atoms with E-state index in [1.165, 1.54) is 64.2 Å². The summed E-state index contributed by atoms with van der Waals surface area (Å²) in [7, 11) is 0. The highest BCUT2D eigenvalue weighted by Crippen LogP contribution is 2.12. The Hall–Kier alpha value is -0.200. The zero-order chi connectivity index (χ0) is 17.3. The van der Waals surface area contributed by atoms with E-state index in [9.17, 15) is 0 Å². The van der Waals surface area contributed by atoms with Crippen molar-refractivity contribution in [2.75, 3.05) is 19.6 Å². The molecular formula is C18H39NO4. The first kappa shape index (κ1) is 22.8. The zero-order valence-corrected chi connectivity index (χ0v) is 15.0. The molecule has 0 unspecified atom stereocenters. The van der Waals surface area contributed by atoms with E-state index >= 15 is 0 Å². The van der Waals surface area contributed by atoms with Crippen LogP contribution in [0.5, 0.6) is 0 Å². The van der Waals surface area contributed by atoms with Crippen LogP contribution in [-0.2, 0) is 0 Å². The SMILES string of the molecule is CCCCCCCCCCCCCCN(CC(O)O)CC(O)O. The first-order valence-electron chi connectivity index (χ1n) is 9.51. The summed E-state index contributed by atoms with van der Waals surface area (Å²) in [5, 5.41) is 35.9. The van der Waals surface area contributed by atoms with Crippen LogP contribution in [0.15, 0.2) is 0 Å². The van der Waals surface area contributed by atoms with Crippen molar-refractivity contribution < 1.29 is 20.4 Å². The fourth-order valence-electron chi connectivity index (χ4n) is 2.90. The van der Waals surface area contributed by atoms with E-state index in [2.05, 4.69) is 6.92 Å². The monoisotopic (exact) mass is 333 g/mol. The summed E-state index contributed by atoms with van der Waals surface area (Å²) < 4.78 is 0. The maximum absolute atomic E-state index is 8.98. The minimum absolute atomic E-state index is 0.0651. The lowest BCUT2D eigenvalue weighted by molar-refractivity contribution is -0.0946. The van der Waals surface area contributed by atoms with Gasteiger partial charge < -0.3 is 20.4 Å². The maximum atomic E-state index is 8.98. The van der Waals surface area contributed by atoms with Gasteiger partial charge in [-0.05, 0) is 13.0 Å². The average Bonchev–Trinajstić information content (AvgIpc) is 2.47. The summed E-state index contributed by atoms with van der Waals surface area (Å²) >= 11 is 0. The average molecular weight is 334 g/mol. The Morgan fingerprint density at radius 1 is 0.565 bits per heavy atom. The Kier molecular flexibility index (Phi) is 16.5. The Morgan fingerprint density at radius 2 is 0.913 bits per heavy atom. The van der Waals surface area contributed by atoms with E-state index in [-0.39, 0.29) is 13.1 Å². The molecule has 0 amide bonds. The third kappa shape index (κ3) is 18.0. The molecule has 0 saturated heterocycles. The second-order valence-electron chi connectivity index (χ2n) is 6.61. The lowest BCUT2D eigenvalue weighted by atomic mass is 10.1. The molecule has 0 fully saturated rings. The van der Waals surface area contributed by atoms with E-state index < -0.39 is 12.6 Å². The van der Waals surface area contributed by atoms with Gasteiger partial charge >= 0.3 is 0 Å². The molecular weight excluding hydrogens is 294 g/mol. The van der Waals surface area contributed by atoms with Crippen molar-refractivity contribution in [1.29, 1.82) is 0 Å². The molecule has 0 aliphatic carbocycles. The third-order valence-corrected chi connectivity index (χ3v) is 4.17. The second kappa shape index (κ2) is 16.7. The van der Waals surface area contributed by atoms with Gasteiger partial charge in [-0.25, -0.2) is 0 Å². The molecule has 0 aromatic carbocycles. The highest BCUT2D eigenvalue weighted by Gasteiger charge is 2.12. The number of aliphatic hydroxyl groups is 4. The van der Waals surface area contributed by atoms with Crippen molar-refractivity contribution in [3.05, 3.63) is 0 Å². The third-order valence-electron chi connectivity index (χ3n) is 4.17. The van der Waals surface area contributed by atoms with Crippen molar-refractivity contribution in [2.24, 2.45) is 0 Å². The smallest absolute Gasteiger partial charge is 0.164 e. The van der Waals surface area contributed by atoms with Gasteiger partial charge in [0.25, 0.3) is 0 Å². The molecule has 0 atom stereocenters. The van der Waals surface area contributed by atoms with Crippen LogP contribution in [0, 0.1) is 0 Å². The van der Waals surface area contributed by atoms with Crippen LogP contribution in [0.2, 0.25) is 0 Å². The molecule has 0 spiro atoms. The van der Waals surface area contributed by atoms with Gasteiger partial charge in [0, 0.05) is 13.1 Å². The van der Waals surface area contributed by atoms with Gasteiger partial charge in [-0.15, -0.1) is 0 Å². The van der Waals surface area contributed by atoms with Crippen LogP contribution in [0.25, 0.3) is 0 Å². The fourth-order valence-corrected chi connectivity index (χ4v) is 2.90. The predicted octanol–water partition coefficient (Wildman–Crippen LogP) is 2.61. The normalized spacial score (nSPS) is 12.0. The number of unbranched alkanes of at least 4 members (excludes halogenated alkanes) is 11. The minimum atomic E-state index is -1.42. The molecule has 0 aliphatic rings. The van der Waals surface area contributed by atoms with Gasteiger partial charge in [0.05, 0.1) is 0 Å². The fraction of sp³-hybridized carbons (Fsp3) is 1.00. The van der Waals surface area contributed by atoms with Crippen molar-refractivity contribution in [3.8, 4) is 0 Å². The quantitative estimate of drug-likeness (QED) is 0.243. The lowest BCUT2D eigenvalue weighted by Gasteiger charge is -2.23. The first-order chi connectivity index (χ1) is 11.1. The van der Waals surface area contributed by atoms with Crippen LogP contribution in [0.1, 0.15) is 84.0 Å². The molecule has 0 rings (SSSR count). The molecule has 0 radical (unpaired) electrons. The molecule has 5 heteroatoms. The summed E-state index contributed by atoms with van der Waals surface area (Å²) in [5.74, 6) is 0. The Labute approximate surface area is 142 Å². The second-order valence-corrected chi connectivity index (χ2v) is 6.61. The molecule has 0 saturated carbocycles. The molecule has 0 aliphatic heterocycles. The summed E-state index contributed by atoms with van der Waals surface area (Å²) in [6, 6.07) is 0. The Balaban J connectivity index is 3.38. The van der Waals surface area contributed by atoms with Crippen LogP contribution in [0.4, 0.5) is 0 Å². The maximum Gasteiger partial charge on any atom is 0.164 e. The van der Waals surface area contributed by atoms with Crippen molar-refractivity contribution in [2.45, 2.75) is 96.6 Å². The molecule has 0 aromatic heterocycles. The first-order valence-corrected chi connectivity index (χ1v) is 9.51. The largest absolute Gasteiger partial charge is 0.367 e. The molecule has 140 valence electrons. The van der Waals surface area contributed by atoms with E-state index in [0.29, 0.717) is 6.54 Å². The van der Waals surface area contributed by atoms with Crippen LogP contribution < -0.4 is 0 Å². The number of aliphatic hydroxyl groups excluding tert-OH is 2. The summed E-state index contributed by atoms with van der Waals surface area (Å²) in [4.78, 5) is 1.69. The predicted molar refractivity (Wildman–Crippen MR) is 94.0 cm³/mol. The van der Waals surface area contributed by atoms with Gasteiger partial charge in [-0.3, -0.25) is 4.90 Å². The number of nitrogens with zero attached hydrogens (tertiary/aromatic N) is 1. The molecule has 23 heavy (non-hydrogen) atoms. The minimum Gasteiger partial charge on any atom is -0.367 e. The summed E-state index contributed by atoms with van der Waals surface area (Å²) in [5.41, 5.74) is 0. The molecule has 0 heterocycles. The van der Waals surface area contributed by atoms with Crippen molar-refractivity contribution in [1.82, 2.24) is 4.90 Å². The molecule has 0 aromatic rings. The van der Waals surface area contributed by atoms with Gasteiger partial charge in [0.2, 0.25) is 0 Å². The van der Waals surface area contributed by atoms with E-state index in [1.807, 2.05) is 0 Å². The van der Waals surface area contributed by atoms with Gasteiger partial charge in [-0.2, -0.15) is 0 Å². The standard InChI is InChI=1S/C18H39NO4/c1-2-3-4-5-6-7-8-9-10-11-12-13-14-19(15-17(20)21)16-18(22)23/h17-18,20-23H,2-16H2,1H3. The zero-order valence-electron chi connectivity index (χ0n) is 15.0. The number of hydrogen-bond acceptors (Lipinski definition) is 5. The highest BCUT2D eigenvalue weighted by atomic mass is 16.5.